The van der Waals surface area contributed by atoms with Crippen LogP contribution in [0.3, 0.4) is 0 Å². The van der Waals surface area contributed by atoms with Crippen LogP contribution in [0, 0.1) is 0 Å². The number of nitrogens with zero attached hydrogens (tertiary/aromatic N) is 2. The molecule has 0 unspecified atom stereocenters. The molecule has 142 valence electrons. The summed E-state index contributed by atoms with van der Waals surface area (Å²) < 4.78 is 29.4. The van der Waals surface area contributed by atoms with E-state index in [4.69, 9.17) is 0 Å². The molecular weight excluding hydrogens is 402 g/mol. The first-order valence-corrected chi connectivity index (χ1v) is 10.3. The molecule has 0 radical (unpaired) electrons. The van der Waals surface area contributed by atoms with E-state index in [0.717, 1.165) is 22.7 Å². The van der Waals surface area contributed by atoms with Crippen LogP contribution in [0.2, 0.25) is 0 Å². The highest BCUT2D eigenvalue weighted by Gasteiger charge is 2.16. The van der Waals surface area contributed by atoms with Crippen molar-refractivity contribution in [1.29, 1.82) is 0 Å². The number of amidine groups is 1. The van der Waals surface area contributed by atoms with Crippen molar-refractivity contribution < 1.29 is 8.42 Å². The molecule has 5 nitrogen and oxygen atoms in total. The zero-order chi connectivity index (χ0) is 18.6. The quantitative estimate of drug-likeness (QED) is 0.487. The third kappa shape index (κ3) is 5.32. The Labute approximate surface area is 169 Å². The molecule has 1 heterocycles. The Morgan fingerprint density at radius 1 is 0.963 bits per heavy atom. The van der Waals surface area contributed by atoms with Crippen LogP contribution in [0.25, 0.3) is 0 Å². The molecule has 27 heavy (non-hydrogen) atoms. The van der Waals surface area contributed by atoms with Crippen molar-refractivity contribution in [3.8, 4) is 0 Å². The molecular formula is C19H20ClN3O2S2. The normalized spacial score (nSPS) is 11.6. The molecule has 8 heteroatoms. The highest BCUT2D eigenvalue weighted by atomic mass is 35.5. The minimum absolute atomic E-state index is 0. The third-order valence-electron chi connectivity index (χ3n) is 3.65. The van der Waals surface area contributed by atoms with Gasteiger partial charge < -0.3 is 10.2 Å². The van der Waals surface area contributed by atoms with Crippen LogP contribution in [-0.2, 0) is 10.0 Å². The Kier molecular flexibility index (Phi) is 7.01. The Bertz CT molecular complexity index is 985. The van der Waals surface area contributed by atoms with Gasteiger partial charge >= 0.3 is 0 Å². The molecule has 0 spiro atoms. The van der Waals surface area contributed by atoms with Crippen LogP contribution in [-0.4, -0.2) is 28.3 Å². The average molecular weight is 422 g/mol. The van der Waals surface area contributed by atoms with E-state index in [2.05, 4.69) is 9.71 Å². The predicted octanol–water partition coefficient (Wildman–Crippen LogP) is 4.48. The predicted molar refractivity (Wildman–Crippen MR) is 116 cm³/mol. The fraction of sp³-hybridized carbons (Fsp3) is 0.105. The summed E-state index contributed by atoms with van der Waals surface area (Å²) >= 11 is 1.15. The fourth-order valence-electron chi connectivity index (χ4n) is 2.30. The molecule has 0 saturated heterocycles. The Morgan fingerprint density at radius 3 is 2.19 bits per heavy atom. The lowest BCUT2D eigenvalue weighted by Crippen LogP contribution is -2.16. The van der Waals surface area contributed by atoms with Crippen molar-refractivity contribution in [2.45, 2.75) is 4.21 Å². The highest BCUT2D eigenvalue weighted by molar-refractivity contribution is 7.92. The largest absolute Gasteiger partial charge is 0.378 e. The molecule has 3 aromatic rings. The number of hydrogen-bond donors (Lipinski definition) is 1. The zero-order valence-corrected chi connectivity index (χ0v) is 17.3. The molecule has 0 saturated carbocycles. The molecule has 1 aromatic heterocycles. The summed E-state index contributed by atoms with van der Waals surface area (Å²) in [5.41, 5.74) is 2.52. The van der Waals surface area contributed by atoms with Crippen LogP contribution < -0.4 is 10.2 Å². The van der Waals surface area contributed by atoms with Gasteiger partial charge in [0.1, 0.15) is 4.21 Å². The maximum absolute atomic E-state index is 12.6. The minimum Gasteiger partial charge on any atom is -0.378 e. The minimum atomic E-state index is -3.77. The van der Waals surface area contributed by atoms with E-state index in [9.17, 15) is 8.42 Å². The van der Waals surface area contributed by atoms with E-state index in [1.165, 1.54) is 0 Å². The van der Waals surface area contributed by atoms with Crippen molar-refractivity contribution in [1.82, 2.24) is 0 Å². The van der Waals surface area contributed by atoms with E-state index >= 15 is 0 Å². The van der Waals surface area contributed by atoms with E-state index in [1.54, 1.807) is 17.5 Å². The van der Waals surface area contributed by atoms with Crippen LogP contribution in [0.1, 0.15) is 5.56 Å². The van der Waals surface area contributed by atoms with Gasteiger partial charge in [-0.15, -0.1) is 28.1 Å². The Morgan fingerprint density at radius 2 is 1.63 bits per heavy atom. The molecule has 3 rings (SSSR count). The molecule has 0 aliphatic rings. The smallest absolute Gasteiger partial charge is 0.293 e. The van der Waals surface area contributed by atoms with Gasteiger partial charge in [-0.2, -0.15) is 8.42 Å². The summed E-state index contributed by atoms with van der Waals surface area (Å²) in [4.78, 5) is 2.00. The monoisotopic (exact) mass is 421 g/mol. The van der Waals surface area contributed by atoms with Gasteiger partial charge in [0.15, 0.2) is 5.84 Å². The Balaban J connectivity index is 0.00000261. The first kappa shape index (κ1) is 21.0. The van der Waals surface area contributed by atoms with Gasteiger partial charge in [-0.25, -0.2) is 0 Å². The van der Waals surface area contributed by atoms with Crippen LogP contribution in [0.4, 0.5) is 11.4 Å². The van der Waals surface area contributed by atoms with E-state index in [-0.39, 0.29) is 22.5 Å². The van der Waals surface area contributed by atoms with Gasteiger partial charge in [-0.3, -0.25) is 0 Å². The van der Waals surface area contributed by atoms with Crippen molar-refractivity contribution in [3.63, 3.8) is 0 Å². The second-order valence-electron chi connectivity index (χ2n) is 5.78. The van der Waals surface area contributed by atoms with Crippen molar-refractivity contribution in [3.05, 3.63) is 77.7 Å². The molecule has 0 amide bonds. The third-order valence-corrected chi connectivity index (χ3v) is 6.30. The summed E-state index contributed by atoms with van der Waals surface area (Å²) in [6.07, 6.45) is 0. The summed E-state index contributed by atoms with van der Waals surface area (Å²) in [6.45, 7) is 0. The second kappa shape index (κ2) is 9.03. The standard InChI is InChI=1S/C19H19N3O2S2.ClH/c1-22(2)17-12-10-16(11-13-17)20-19(15-7-4-3-5-8-15)21-26(23,24)18-9-6-14-25-18;/h3-14H,1-2H3,(H,20,21);1H. The topological polar surface area (TPSA) is 61.8 Å². The van der Waals surface area contributed by atoms with Crippen molar-refractivity contribution in [2.24, 2.45) is 4.40 Å². The first-order chi connectivity index (χ1) is 12.5. The van der Waals surface area contributed by atoms with Gasteiger partial charge in [-0.1, -0.05) is 36.4 Å². The van der Waals surface area contributed by atoms with Crippen LogP contribution >= 0.6 is 23.7 Å². The van der Waals surface area contributed by atoms with Crippen molar-refractivity contribution in [2.75, 3.05) is 24.3 Å². The van der Waals surface area contributed by atoms with Gasteiger partial charge in [0, 0.05) is 31.0 Å². The van der Waals surface area contributed by atoms with E-state index in [0.29, 0.717) is 5.56 Å². The molecule has 0 fully saturated rings. The molecule has 0 bridgehead atoms. The number of hydrogen-bond acceptors (Lipinski definition) is 4. The van der Waals surface area contributed by atoms with E-state index < -0.39 is 10.0 Å². The number of rotatable bonds is 5. The fourth-order valence-corrected chi connectivity index (χ4v) is 4.24. The number of benzene rings is 2. The summed E-state index contributed by atoms with van der Waals surface area (Å²) in [6, 6.07) is 20.2. The summed E-state index contributed by atoms with van der Waals surface area (Å²) in [5, 5.41) is 4.86. The molecule has 1 N–H and O–H groups in total. The number of nitrogens with one attached hydrogen (secondary N) is 1. The first-order valence-electron chi connectivity index (χ1n) is 7.94. The van der Waals surface area contributed by atoms with Gasteiger partial charge in [0.05, 0.1) is 0 Å². The average Bonchev–Trinajstić information content (AvgIpc) is 3.18. The van der Waals surface area contributed by atoms with Gasteiger partial charge in [-0.05, 0) is 35.7 Å². The summed E-state index contributed by atoms with van der Waals surface area (Å²) in [7, 11) is 0.160. The number of halogens is 1. The van der Waals surface area contributed by atoms with Gasteiger partial charge in [0.2, 0.25) is 0 Å². The van der Waals surface area contributed by atoms with Gasteiger partial charge in [0.25, 0.3) is 10.0 Å². The SMILES string of the molecule is CN(C)c1ccc(NC(=NS(=O)(=O)c2cccs2)c2ccccc2)cc1.Cl. The Hall–Kier alpha value is -2.35. The molecule has 0 aliphatic carbocycles. The number of thiophene rings is 1. The van der Waals surface area contributed by atoms with Crippen LogP contribution in [0.15, 0.2) is 80.7 Å². The molecule has 0 aliphatic heterocycles. The second-order valence-corrected chi connectivity index (χ2v) is 8.56. The molecule has 0 atom stereocenters. The maximum atomic E-state index is 12.6. The maximum Gasteiger partial charge on any atom is 0.293 e. The zero-order valence-electron chi connectivity index (χ0n) is 14.9. The van der Waals surface area contributed by atoms with Crippen molar-refractivity contribution >= 4 is 51.0 Å². The number of sulfonamides is 1. The van der Waals surface area contributed by atoms with E-state index in [1.807, 2.05) is 73.6 Å². The highest BCUT2D eigenvalue weighted by Crippen LogP contribution is 2.21. The number of anilines is 2. The lowest BCUT2D eigenvalue weighted by atomic mass is 10.2. The lowest BCUT2D eigenvalue weighted by Gasteiger charge is -2.14. The summed E-state index contributed by atoms with van der Waals surface area (Å²) in [5.74, 6) is 0.289. The molecule has 2 aromatic carbocycles. The van der Waals surface area contributed by atoms with Crippen LogP contribution in [0.5, 0.6) is 0 Å². The lowest BCUT2D eigenvalue weighted by molar-refractivity contribution is 0.600.